The molecular weight excluding hydrogens is 224 g/mol. The maximum atomic E-state index is 5.88. The lowest BCUT2D eigenvalue weighted by molar-refractivity contribution is 0.439. The highest BCUT2D eigenvalue weighted by molar-refractivity contribution is 5.59. The van der Waals surface area contributed by atoms with E-state index in [1.807, 2.05) is 6.20 Å². The first-order valence-electron chi connectivity index (χ1n) is 6.66. The summed E-state index contributed by atoms with van der Waals surface area (Å²) in [5, 5.41) is 3.41. The fourth-order valence-corrected chi connectivity index (χ4v) is 2.47. The molecule has 1 atom stereocenters. The van der Waals surface area contributed by atoms with Crippen molar-refractivity contribution >= 4 is 5.69 Å². The number of rotatable bonds is 4. The Kier molecular flexibility index (Phi) is 3.05. The number of hydrogen-bond acceptors (Lipinski definition) is 3. The standard InChI is InChI=1S/C15H18N2O/c1-2-3-8-15-17-10-14(18-15)12-9-16-13-7-5-4-6-11(12)13/h4-7,10,12,16H,2-3,8-9H2,1H3. The van der Waals surface area contributed by atoms with Crippen LogP contribution in [0, 0.1) is 0 Å². The molecule has 1 N–H and O–H groups in total. The van der Waals surface area contributed by atoms with Gasteiger partial charge in [-0.2, -0.15) is 0 Å². The maximum Gasteiger partial charge on any atom is 0.194 e. The normalized spacial score (nSPS) is 17.5. The Balaban J connectivity index is 1.82. The van der Waals surface area contributed by atoms with Crippen LogP contribution in [0.15, 0.2) is 34.9 Å². The van der Waals surface area contributed by atoms with Crippen LogP contribution in [0.3, 0.4) is 0 Å². The van der Waals surface area contributed by atoms with E-state index in [0.717, 1.165) is 31.0 Å². The molecule has 0 fully saturated rings. The van der Waals surface area contributed by atoms with Crippen molar-refractivity contribution in [3.63, 3.8) is 0 Å². The van der Waals surface area contributed by atoms with E-state index in [-0.39, 0.29) is 0 Å². The Labute approximate surface area is 107 Å². The average Bonchev–Trinajstić information content (AvgIpc) is 3.02. The second kappa shape index (κ2) is 4.84. The topological polar surface area (TPSA) is 38.1 Å². The van der Waals surface area contributed by atoms with Gasteiger partial charge in [0.2, 0.25) is 0 Å². The summed E-state index contributed by atoms with van der Waals surface area (Å²) in [5.41, 5.74) is 2.53. The molecule has 2 heterocycles. The molecule has 0 bridgehead atoms. The van der Waals surface area contributed by atoms with E-state index in [1.165, 1.54) is 17.7 Å². The number of anilines is 1. The number of unbranched alkanes of at least 4 members (excludes halogenated alkanes) is 1. The molecule has 1 aliphatic rings. The smallest absolute Gasteiger partial charge is 0.194 e. The van der Waals surface area contributed by atoms with Gasteiger partial charge in [0.25, 0.3) is 0 Å². The zero-order valence-electron chi connectivity index (χ0n) is 10.6. The van der Waals surface area contributed by atoms with Crippen molar-refractivity contribution in [2.45, 2.75) is 32.1 Å². The number of para-hydroxylation sites is 1. The van der Waals surface area contributed by atoms with E-state index in [2.05, 4.69) is 41.5 Å². The highest BCUT2D eigenvalue weighted by Crippen LogP contribution is 2.36. The Bertz CT molecular complexity index is 533. The fourth-order valence-electron chi connectivity index (χ4n) is 2.47. The Morgan fingerprint density at radius 1 is 1.39 bits per heavy atom. The van der Waals surface area contributed by atoms with Gasteiger partial charge in [0.05, 0.1) is 12.1 Å². The first kappa shape index (κ1) is 11.3. The van der Waals surface area contributed by atoms with Crippen LogP contribution < -0.4 is 5.32 Å². The lowest BCUT2D eigenvalue weighted by Gasteiger charge is -2.05. The van der Waals surface area contributed by atoms with Crippen LogP contribution in [0.5, 0.6) is 0 Å². The predicted molar refractivity (Wildman–Crippen MR) is 71.9 cm³/mol. The molecule has 0 spiro atoms. The number of aryl methyl sites for hydroxylation is 1. The number of fused-ring (bicyclic) bond motifs is 1. The van der Waals surface area contributed by atoms with Crippen LogP contribution in [0.4, 0.5) is 5.69 Å². The number of hydrogen-bond donors (Lipinski definition) is 1. The summed E-state index contributed by atoms with van der Waals surface area (Å²) in [4.78, 5) is 4.38. The van der Waals surface area contributed by atoms with Crippen molar-refractivity contribution in [3.05, 3.63) is 47.7 Å². The van der Waals surface area contributed by atoms with Crippen LogP contribution in [0.2, 0.25) is 0 Å². The first-order valence-corrected chi connectivity index (χ1v) is 6.66. The third-order valence-electron chi connectivity index (χ3n) is 3.49. The minimum atomic E-state index is 0.309. The monoisotopic (exact) mass is 242 g/mol. The van der Waals surface area contributed by atoms with Gasteiger partial charge in [-0.25, -0.2) is 4.98 Å². The minimum absolute atomic E-state index is 0.309. The number of benzene rings is 1. The maximum absolute atomic E-state index is 5.88. The fraction of sp³-hybridized carbons (Fsp3) is 0.400. The van der Waals surface area contributed by atoms with Gasteiger partial charge in [-0.15, -0.1) is 0 Å². The van der Waals surface area contributed by atoms with Crippen molar-refractivity contribution < 1.29 is 4.42 Å². The van der Waals surface area contributed by atoms with Crippen molar-refractivity contribution in [3.8, 4) is 0 Å². The van der Waals surface area contributed by atoms with Crippen LogP contribution in [0.25, 0.3) is 0 Å². The van der Waals surface area contributed by atoms with Gasteiger partial charge in [-0.3, -0.25) is 0 Å². The number of oxazole rings is 1. The van der Waals surface area contributed by atoms with Gasteiger partial charge in [-0.1, -0.05) is 31.5 Å². The van der Waals surface area contributed by atoms with E-state index in [4.69, 9.17) is 4.42 Å². The minimum Gasteiger partial charge on any atom is -0.445 e. The van der Waals surface area contributed by atoms with Crippen molar-refractivity contribution in [1.29, 1.82) is 0 Å². The summed E-state index contributed by atoms with van der Waals surface area (Å²) in [6.07, 6.45) is 5.14. The van der Waals surface area contributed by atoms with Crippen LogP contribution in [0.1, 0.15) is 42.9 Å². The van der Waals surface area contributed by atoms with Gasteiger partial charge in [0, 0.05) is 18.7 Å². The molecule has 3 heteroatoms. The Morgan fingerprint density at radius 2 is 2.28 bits per heavy atom. The average molecular weight is 242 g/mol. The second-order valence-corrected chi connectivity index (χ2v) is 4.78. The molecule has 0 saturated heterocycles. The molecule has 0 saturated carbocycles. The summed E-state index contributed by atoms with van der Waals surface area (Å²) >= 11 is 0. The SMILES string of the molecule is CCCCc1ncc(C2CNc3ccccc32)o1. The number of nitrogens with one attached hydrogen (secondary N) is 1. The van der Waals surface area contributed by atoms with Gasteiger partial charge < -0.3 is 9.73 Å². The summed E-state index contributed by atoms with van der Waals surface area (Å²) in [6.45, 7) is 3.09. The number of aromatic nitrogens is 1. The van der Waals surface area contributed by atoms with E-state index < -0.39 is 0 Å². The molecule has 3 nitrogen and oxygen atoms in total. The zero-order valence-corrected chi connectivity index (χ0v) is 10.6. The summed E-state index contributed by atoms with van der Waals surface area (Å²) < 4.78 is 5.88. The number of nitrogens with zero attached hydrogens (tertiary/aromatic N) is 1. The predicted octanol–water partition coefficient (Wildman–Crippen LogP) is 3.57. The van der Waals surface area contributed by atoms with Gasteiger partial charge in [0.15, 0.2) is 5.89 Å². The zero-order chi connectivity index (χ0) is 12.4. The third-order valence-corrected chi connectivity index (χ3v) is 3.49. The van der Waals surface area contributed by atoms with Gasteiger partial charge in [-0.05, 0) is 18.1 Å². The molecule has 1 aliphatic heterocycles. The largest absolute Gasteiger partial charge is 0.445 e. The molecule has 18 heavy (non-hydrogen) atoms. The van der Waals surface area contributed by atoms with Crippen LogP contribution in [-0.4, -0.2) is 11.5 Å². The third kappa shape index (κ3) is 2.01. The molecule has 1 aromatic carbocycles. The summed E-state index contributed by atoms with van der Waals surface area (Å²) in [7, 11) is 0. The van der Waals surface area contributed by atoms with Crippen molar-refractivity contribution in [1.82, 2.24) is 4.98 Å². The highest BCUT2D eigenvalue weighted by Gasteiger charge is 2.26. The Morgan fingerprint density at radius 3 is 3.17 bits per heavy atom. The Hall–Kier alpha value is -1.77. The molecule has 2 aromatic rings. The van der Waals surface area contributed by atoms with Gasteiger partial charge in [0.1, 0.15) is 5.76 Å². The van der Waals surface area contributed by atoms with E-state index in [0.29, 0.717) is 5.92 Å². The molecule has 3 rings (SSSR count). The molecule has 94 valence electrons. The first-order chi connectivity index (χ1) is 8.88. The van der Waals surface area contributed by atoms with Crippen molar-refractivity contribution in [2.24, 2.45) is 0 Å². The van der Waals surface area contributed by atoms with Crippen LogP contribution in [-0.2, 0) is 6.42 Å². The highest BCUT2D eigenvalue weighted by atomic mass is 16.4. The summed E-state index contributed by atoms with van der Waals surface area (Å²) in [5.74, 6) is 2.17. The molecule has 1 unspecified atom stereocenters. The molecule has 0 radical (unpaired) electrons. The van der Waals surface area contributed by atoms with Crippen LogP contribution >= 0.6 is 0 Å². The second-order valence-electron chi connectivity index (χ2n) is 4.78. The lowest BCUT2D eigenvalue weighted by atomic mass is 9.99. The lowest BCUT2D eigenvalue weighted by Crippen LogP contribution is -2.02. The molecule has 1 aromatic heterocycles. The van der Waals surface area contributed by atoms with E-state index in [9.17, 15) is 0 Å². The molecule has 0 amide bonds. The molecule has 0 aliphatic carbocycles. The van der Waals surface area contributed by atoms with E-state index >= 15 is 0 Å². The van der Waals surface area contributed by atoms with E-state index in [1.54, 1.807) is 0 Å². The summed E-state index contributed by atoms with van der Waals surface area (Å²) in [6, 6.07) is 8.41. The molecular formula is C15H18N2O. The quantitative estimate of drug-likeness (QED) is 0.890. The van der Waals surface area contributed by atoms with Crippen molar-refractivity contribution in [2.75, 3.05) is 11.9 Å². The van der Waals surface area contributed by atoms with Gasteiger partial charge >= 0.3 is 0 Å².